The van der Waals surface area contributed by atoms with Crippen molar-refractivity contribution in [2.45, 2.75) is 70.3 Å². The molecule has 0 saturated heterocycles. The van der Waals surface area contributed by atoms with Crippen LogP contribution in [0.25, 0.3) is 11.1 Å². The predicted octanol–water partition coefficient (Wildman–Crippen LogP) is 10.2. The van der Waals surface area contributed by atoms with Crippen LogP contribution in [-0.2, 0) is 12.8 Å². The average Bonchev–Trinajstić information content (AvgIpc) is 2.89. The summed E-state index contributed by atoms with van der Waals surface area (Å²) in [4.78, 5) is 0. The van der Waals surface area contributed by atoms with Gasteiger partial charge in [0.25, 0.3) is 6.08 Å². The van der Waals surface area contributed by atoms with Crippen LogP contribution in [0.4, 0.5) is 26.3 Å². The van der Waals surface area contributed by atoms with Gasteiger partial charge in [0.1, 0.15) is 5.82 Å². The summed E-state index contributed by atoms with van der Waals surface area (Å²) in [5, 5.41) is 0. The van der Waals surface area contributed by atoms with Gasteiger partial charge in [-0.2, -0.15) is 17.6 Å². The lowest BCUT2D eigenvalue weighted by Gasteiger charge is -2.28. The minimum absolute atomic E-state index is 0.173. The molecule has 0 unspecified atom stereocenters. The maximum atomic E-state index is 14.9. The standard InChI is InChI=1S/C32H32F6O/c1-2-3-21-4-9-23(10-5-21)26-15-14-25(28(33)18-26)13-8-22-6-11-24(12-7-22)27-16-17-30(29(34)19-27)39-32(37,38)20-31(35)36/h6-7,11-12,14-21,23H,2-5,8-10,13H2,1H3. The molecule has 1 saturated carbocycles. The minimum atomic E-state index is -4.34. The number of benzene rings is 3. The molecule has 0 radical (unpaired) electrons. The second kappa shape index (κ2) is 12.8. The van der Waals surface area contributed by atoms with Crippen molar-refractivity contribution in [1.82, 2.24) is 0 Å². The van der Waals surface area contributed by atoms with E-state index in [1.165, 1.54) is 31.7 Å². The fourth-order valence-electron chi connectivity index (χ4n) is 5.42. The molecule has 3 aromatic carbocycles. The summed E-state index contributed by atoms with van der Waals surface area (Å²) in [5.74, 6) is -0.865. The SMILES string of the molecule is CCCC1CCC(c2ccc(CCc3ccc(-c4ccc(OC(F)(F)C=C(F)F)c(F)c4)cc3)c(F)c2)CC1. The predicted molar refractivity (Wildman–Crippen MR) is 141 cm³/mol. The third-order valence-corrected chi connectivity index (χ3v) is 7.52. The van der Waals surface area contributed by atoms with Crippen LogP contribution >= 0.6 is 0 Å². The lowest BCUT2D eigenvalue weighted by Crippen LogP contribution is -2.22. The molecule has 4 rings (SSSR count). The Kier molecular flexibility index (Phi) is 9.41. The van der Waals surface area contributed by atoms with E-state index >= 15 is 0 Å². The summed E-state index contributed by atoms with van der Waals surface area (Å²) in [6, 6.07) is 16.2. The highest BCUT2D eigenvalue weighted by Gasteiger charge is 2.31. The zero-order chi connectivity index (χ0) is 28.0. The van der Waals surface area contributed by atoms with Crippen LogP contribution in [0.15, 0.2) is 72.8 Å². The van der Waals surface area contributed by atoms with Crippen molar-refractivity contribution in [3.63, 3.8) is 0 Å². The summed E-state index contributed by atoms with van der Waals surface area (Å²) >= 11 is 0. The molecular formula is C32H32F6O. The Balaban J connectivity index is 1.34. The first-order chi connectivity index (χ1) is 18.6. The van der Waals surface area contributed by atoms with E-state index < -0.39 is 29.8 Å². The fraction of sp³-hybridized carbons (Fsp3) is 0.375. The van der Waals surface area contributed by atoms with Crippen molar-refractivity contribution in [2.24, 2.45) is 5.92 Å². The fourth-order valence-corrected chi connectivity index (χ4v) is 5.42. The maximum absolute atomic E-state index is 14.9. The van der Waals surface area contributed by atoms with E-state index in [0.29, 0.717) is 35.4 Å². The van der Waals surface area contributed by atoms with Crippen LogP contribution in [0.3, 0.4) is 0 Å². The molecule has 0 amide bonds. The van der Waals surface area contributed by atoms with Gasteiger partial charge in [0, 0.05) is 0 Å². The molecule has 0 spiro atoms. The van der Waals surface area contributed by atoms with Gasteiger partial charge in [-0.25, -0.2) is 8.78 Å². The Morgan fingerprint density at radius 2 is 1.54 bits per heavy atom. The van der Waals surface area contributed by atoms with Crippen LogP contribution in [0.5, 0.6) is 5.75 Å². The molecule has 3 aromatic rings. The first-order valence-electron chi connectivity index (χ1n) is 13.4. The molecule has 1 fully saturated rings. The smallest absolute Gasteiger partial charge is 0.425 e. The quantitative estimate of drug-likeness (QED) is 0.230. The van der Waals surface area contributed by atoms with Crippen molar-refractivity contribution in [2.75, 3.05) is 0 Å². The first kappa shape index (κ1) is 28.8. The summed E-state index contributed by atoms with van der Waals surface area (Å²) in [7, 11) is 0. The average molecular weight is 547 g/mol. The van der Waals surface area contributed by atoms with E-state index in [2.05, 4.69) is 17.7 Å². The van der Waals surface area contributed by atoms with E-state index in [0.717, 1.165) is 42.0 Å². The van der Waals surface area contributed by atoms with E-state index in [4.69, 9.17) is 0 Å². The van der Waals surface area contributed by atoms with Gasteiger partial charge in [0.15, 0.2) is 11.6 Å². The summed E-state index contributed by atoms with van der Waals surface area (Å²) in [6.07, 6.45) is 0.700. The third kappa shape index (κ3) is 7.90. The van der Waals surface area contributed by atoms with Gasteiger partial charge in [-0.05, 0) is 96.4 Å². The van der Waals surface area contributed by atoms with Gasteiger partial charge in [-0.15, -0.1) is 0 Å². The van der Waals surface area contributed by atoms with Crippen molar-refractivity contribution in [3.05, 3.63) is 101 Å². The molecule has 0 N–H and O–H groups in total. The number of halogens is 6. The second-order valence-corrected chi connectivity index (χ2v) is 10.3. The van der Waals surface area contributed by atoms with Crippen molar-refractivity contribution < 1.29 is 31.1 Å². The molecule has 1 aliphatic rings. The zero-order valence-corrected chi connectivity index (χ0v) is 21.8. The highest BCUT2D eigenvalue weighted by molar-refractivity contribution is 5.64. The molecule has 0 aromatic heterocycles. The molecule has 208 valence electrons. The molecule has 1 nitrogen and oxygen atoms in total. The van der Waals surface area contributed by atoms with Crippen molar-refractivity contribution in [3.8, 4) is 16.9 Å². The number of alkyl halides is 2. The third-order valence-electron chi connectivity index (χ3n) is 7.52. The van der Waals surface area contributed by atoms with Crippen LogP contribution in [0.1, 0.15) is 68.1 Å². The Bertz CT molecular complexity index is 1270. The van der Waals surface area contributed by atoms with Crippen molar-refractivity contribution >= 4 is 0 Å². The highest BCUT2D eigenvalue weighted by Crippen LogP contribution is 2.38. The number of hydrogen-bond donors (Lipinski definition) is 0. The normalized spacial score (nSPS) is 17.6. The molecule has 1 aliphatic carbocycles. The largest absolute Gasteiger partial charge is 0.426 e. The van der Waals surface area contributed by atoms with Gasteiger partial charge >= 0.3 is 6.11 Å². The van der Waals surface area contributed by atoms with E-state index in [1.54, 1.807) is 18.2 Å². The lowest BCUT2D eigenvalue weighted by atomic mass is 9.77. The molecule has 7 heteroatoms. The first-order valence-corrected chi connectivity index (χ1v) is 13.4. The lowest BCUT2D eigenvalue weighted by molar-refractivity contribution is -0.135. The Hall–Kier alpha value is -3.22. The van der Waals surface area contributed by atoms with Gasteiger partial charge < -0.3 is 4.74 Å². The Morgan fingerprint density at radius 1 is 0.846 bits per heavy atom. The van der Waals surface area contributed by atoms with Gasteiger partial charge in [0.2, 0.25) is 0 Å². The summed E-state index contributed by atoms with van der Waals surface area (Å²) in [5.41, 5.74) is 3.77. The van der Waals surface area contributed by atoms with Crippen LogP contribution in [0, 0.1) is 17.6 Å². The number of rotatable bonds is 10. The van der Waals surface area contributed by atoms with E-state index in [9.17, 15) is 26.3 Å². The number of aryl methyl sites for hydroxylation is 2. The molecule has 0 bridgehead atoms. The Labute approximate surface area is 225 Å². The van der Waals surface area contributed by atoms with Crippen LogP contribution in [-0.4, -0.2) is 6.11 Å². The monoisotopic (exact) mass is 546 g/mol. The number of ether oxygens (including phenoxy) is 1. The van der Waals surface area contributed by atoms with Gasteiger partial charge in [0.05, 0.1) is 6.08 Å². The zero-order valence-electron chi connectivity index (χ0n) is 21.8. The molecule has 0 aliphatic heterocycles. The number of hydrogen-bond acceptors (Lipinski definition) is 1. The van der Waals surface area contributed by atoms with E-state index in [1.807, 2.05) is 18.2 Å². The molecular weight excluding hydrogens is 514 g/mol. The minimum Gasteiger partial charge on any atom is -0.426 e. The van der Waals surface area contributed by atoms with Crippen LogP contribution < -0.4 is 4.74 Å². The van der Waals surface area contributed by atoms with Gasteiger partial charge in [-0.3, -0.25) is 0 Å². The Morgan fingerprint density at radius 3 is 2.15 bits per heavy atom. The molecule has 0 atom stereocenters. The second-order valence-electron chi connectivity index (χ2n) is 10.3. The topological polar surface area (TPSA) is 9.23 Å². The highest BCUT2D eigenvalue weighted by atomic mass is 19.3. The van der Waals surface area contributed by atoms with Crippen LogP contribution in [0.2, 0.25) is 0 Å². The maximum Gasteiger partial charge on any atom is 0.425 e. The van der Waals surface area contributed by atoms with E-state index in [-0.39, 0.29) is 5.82 Å². The molecule has 0 heterocycles. The van der Waals surface area contributed by atoms with Gasteiger partial charge in [-0.1, -0.05) is 62.2 Å². The van der Waals surface area contributed by atoms with Crippen molar-refractivity contribution in [1.29, 1.82) is 0 Å². The summed E-state index contributed by atoms with van der Waals surface area (Å²) < 4.78 is 84.4. The summed E-state index contributed by atoms with van der Waals surface area (Å²) in [6.45, 7) is 2.22. The molecule has 39 heavy (non-hydrogen) atoms.